The highest BCUT2D eigenvalue weighted by Gasteiger charge is 2.10. The third-order valence-corrected chi connectivity index (χ3v) is 4.10. The van der Waals surface area contributed by atoms with Crippen molar-refractivity contribution in [2.45, 2.75) is 0 Å². The molecule has 112 valence electrons. The van der Waals surface area contributed by atoms with Crippen LogP contribution in [0, 0.1) is 0 Å². The van der Waals surface area contributed by atoms with Crippen LogP contribution in [0.5, 0.6) is 11.5 Å². The summed E-state index contributed by atoms with van der Waals surface area (Å²) >= 11 is 3.47. The molecule has 0 unspecified atom stereocenters. The molecule has 0 aliphatic rings. The fraction of sp³-hybridized carbons (Fsp3) is 0. The number of fused-ring (bicyclic) bond motifs is 1. The van der Waals surface area contributed by atoms with Crippen molar-refractivity contribution in [1.29, 1.82) is 0 Å². The van der Waals surface area contributed by atoms with Gasteiger partial charge < -0.3 is 4.74 Å². The van der Waals surface area contributed by atoms with Gasteiger partial charge in [-0.3, -0.25) is 0 Å². The van der Waals surface area contributed by atoms with E-state index >= 15 is 0 Å². The monoisotopic (exact) mass is 365 g/mol. The lowest BCUT2D eigenvalue weighted by molar-refractivity contribution is 0.483. The quantitative estimate of drug-likeness (QED) is 0.482. The molecule has 0 radical (unpaired) electrons. The summed E-state index contributed by atoms with van der Waals surface area (Å²) in [6.07, 6.45) is 0. The first-order valence-electron chi connectivity index (χ1n) is 7.14. The van der Waals surface area contributed by atoms with E-state index < -0.39 is 0 Å². The molecular formula is C18H12BrN3O. The molecule has 0 fully saturated rings. The van der Waals surface area contributed by atoms with E-state index in [-0.39, 0.29) is 0 Å². The molecule has 0 amide bonds. The van der Waals surface area contributed by atoms with E-state index in [9.17, 15) is 0 Å². The van der Waals surface area contributed by atoms with Gasteiger partial charge in [-0.05, 0) is 64.5 Å². The Hall–Kier alpha value is -2.66. The van der Waals surface area contributed by atoms with Crippen molar-refractivity contribution in [2.24, 2.45) is 0 Å². The molecule has 4 aromatic rings. The van der Waals surface area contributed by atoms with E-state index in [0.717, 1.165) is 32.9 Å². The number of pyridine rings is 1. The topological polar surface area (TPSA) is 39.4 Å². The minimum Gasteiger partial charge on any atom is -0.457 e. The summed E-state index contributed by atoms with van der Waals surface area (Å²) in [5.41, 5.74) is 2.80. The van der Waals surface area contributed by atoms with Crippen LogP contribution in [0.25, 0.3) is 16.8 Å². The van der Waals surface area contributed by atoms with Crippen LogP contribution in [-0.4, -0.2) is 14.8 Å². The Morgan fingerprint density at radius 3 is 2.30 bits per heavy atom. The predicted molar refractivity (Wildman–Crippen MR) is 92.6 cm³/mol. The first-order valence-corrected chi connectivity index (χ1v) is 7.94. The van der Waals surface area contributed by atoms with E-state index in [2.05, 4.69) is 26.2 Å². The molecule has 2 aromatic carbocycles. The second kappa shape index (κ2) is 5.85. The normalized spacial score (nSPS) is 10.8. The lowest BCUT2D eigenvalue weighted by Gasteiger charge is -2.06. The first kappa shape index (κ1) is 14.0. The van der Waals surface area contributed by atoms with Crippen molar-refractivity contribution in [1.82, 2.24) is 14.8 Å². The Morgan fingerprint density at radius 1 is 0.783 bits per heavy atom. The lowest BCUT2D eigenvalue weighted by Crippen LogP contribution is -1.88. The summed E-state index contributed by atoms with van der Waals surface area (Å²) in [5.74, 6) is 1.61. The number of rotatable bonds is 3. The Kier molecular flexibility index (Phi) is 3.55. The number of nitrogens with zero attached hydrogens (tertiary/aromatic N) is 3. The molecule has 0 aliphatic carbocycles. The molecule has 5 heteroatoms. The zero-order valence-corrected chi connectivity index (χ0v) is 13.6. The smallest absolute Gasteiger partial charge is 0.127 e. The summed E-state index contributed by atoms with van der Waals surface area (Å²) in [5, 5.41) is 8.46. The molecule has 4 rings (SSSR count). The van der Waals surface area contributed by atoms with Crippen molar-refractivity contribution in [3.8, 4) is 22.8 Å². The third kappa shape index (κ3) is 2.71. The van der Waals surface area contributed by atoms with Crippen molar-refractivity contribution >= 4 is 21.4 Å². The van der Waals surface area contributed by atoms with E-state index in [1.165, 1.54) is 0 Å². The minimum absolute atomic E-state index is 0.789. The minimum atomic E-state index is 0.789. The van der Waals surface area contributed by atoms with Crippen molar-refractivity contribution in [3.63, 3.8) is 0 Å². The Labute approximate surface area is 141 Å². The lowest BCUT2D eigenvalue weighted by atomic mass is 10.1. The van der Waals surface area contributed by atoms with Crippen molar-refractivity contribution < 1.29 is 4.74 Å². The number of halogens is 1. The maximum atomic E-state index is 5.81. The largest absolute Gasteiger partial charge is 0.457 e. The van der Waals surface area contributed by atoms with Gasteiger partial charge in [0.15, 0.2) is 0 Å². The van der Waals surface area contributed by atoms with E-state index in [1.54, 1.807) is 4.52 Å². The van der Waals surface area contributed by atoms with Crippen LogP contribution in [0.2, 0.25) is 0 Å². The molecule has 2 aromatic heterocycles. The first-order chi connectivity index (χ1) is 11.3. The van der Waals surface area contributed by atoms with E-state index in [0.29, 0.717) is 0 Å². The van der Waals surface area contributed by atoms with Gasteiger partial charge in [0.1, 0.15) is 21.8 Å². The molecular weight excluding hydrogens is 354 g/mol. The van der Waals surface area contributed by atoms with Crippen LogP contribution in [0.15, 0.2) is 77.4 Å². The van der Waals surface area contributed by atoms with Gasteiger partial charge in [0.2, 0.25) is 0 Å². The summed E-state index contributed by atoms with van der Waals surface area (Å²) in [6, 6.07) is 23.5. The van der Waals surface area contributed by atoms with Crippen LogP contribution < -0.4 is 4.74 Å². The van der Waals surface area contributed by atoms with Gasteiger partial charge in [0.25, 0.3) is 0 Å². The summed E-state index contributed by atoms with van der Waals surface area (Å²) in [6.45, 7) is 0. The highest BCUT2D eigenvalue weighted by atomic mass is 79.9. The van der Waals surface area contributed by atoms with Crippen LogP contribution in [0.3, 0.4) is 0 Å². The average molecular weight is 366 g/mol. The SMILES string of the molecule is Brc1cccc2c(-c3ccc(Oc4ccccc4)cc3)nnn12. The Morgan fingerprint density at radius 2 is 1.52 bits per heavy atom. The molecule has 23 heavy (non-hydrogen) atoms. The fourth-order valence-corrected chi connectivity index (χ4v) is 2.81. The second-order valence-electron chi connectivity index (χ2n) is 5.02. The molecule has 0 N–H and O–H groups in total. The van der Waals surface area contributed by atoms with E-state index in [4.69, 9.17) is 4.74 Å². The standard InChI is InChI=1S/C18H12BrN3O/c19-17-8-4-7-16-18(20-21-22(16)17)13-9-11-15(12-10-13)23-14-5-2-1-3-6-14/h1-12H. The molecule has 0 aliphatic heterocycles. The number of hydrogen-bond donors (Lipinski definition) is 0. The third-order valence-electron chi connectivity index (χ3n) is 3.50. The fourth-order valence-electron chi connectivity index (χ4n) is 2.40. The zero-order chi connectivity index (χ0) is 15.6. The van der Waals surface area contributed by atoms with Gasteiger partial charge in [-0.25, -0.2) is 4.52 Å². The van der Waals surface area contributed by atoms with Gasteiger partial charge in [-0.1, -0.05) is 29.5 Å². The maximum absolute atomic E-state index is 5.81. The number of ether oxygens (including phenoxy) is 1. The van der Waals surface area contributed by atoms with Crippen LogP contribution >= 0.6 is 15.9 Å². The molecule has 2 heterocycles. The molecule has 0 bridgehead atoms. The highest BCUT2D eigenvalue weighted by Crippen LogP contribution is 2.27. The average Bonchev–Trinajstić information content (AvgIpc) is 3.02. The molecule has 4 nitrogen and oxygen atoms in total. The number of aromatic nitrogens is 3. The van der Waals surface area contributed by atoms with Crippen molar-refractivity contribution in [2.75, 3.05) is 0 Å². The van der Waals surface area contributed by atoms with Crippen LogP contribution in [-0.2, 0) is 0 Å². The van der Waals surface area contributed by atoms with Gasteiger partial charge in [0.05, 0.1) is 5.52 Å². The predicted octanol–water partition coefficient (Wildman–Crippen LogP) is 4.95. The van der Waals surface area contributed by atoms with Crippen molar-refractivity contribution in [3.05, 3.63) is 77.4 Å². The maximum Gasteiger partial charge on any atom is 0.127 e. The summed E-state index contributed by atoms with van der Waals surface area (Å²) in [4.78, 5) is 0. The molecule has 0 atom stereocenters. The highest BCUT2D eigenvalue weighted by molar-refractivity contribution is 9.10. The van der Waals surface area contributed by atoms with E-state index in [1.807, 2.05) is 72.8 Å². The Bertz CT molecular complexity index is 949. The van der Waals surface area contributed by atoms with Gasteiger partial charge in [-0.2, -0.15) is 0 Å². The van der Waals surface area contributed by atoms with Crippen LogP contribution in [0.4, 0.5) is 0 Å². The molecule has 0 saturated heterocycles. The van der Waals surface area contributed by atoms with Gasteiger partial charge in [-0.15, -0.1) is 5.10 Å². The Balaban J connectivity index is 1.66. The number of hydrogen-bond acceptors (Lipinski definition) is 3. The number of para-hydroxylation sites is 1. The number of benzene rings is 2. The summed E-state index contributed by atoms with van der Waals surface area (Å²) in [7, 11) is 0. The molecule has 0 spiro atoms. The zero-order valence-electron chi connectivity index (χ0n) is 12.1. The van der Waals surface area contributed by atoms with Gasteiger partial charge in [0, 0.05) is 5.56 Å². The van der Waals surface area contributed by atoms with Gasteiger partial charge >= 0.3 is 0 Å². The summed E-state index contributed by atoms with van der Waals surface area (Å²) < 4.78 is 8.45. The molecule has 0 saturated carbocycles. The van der Waals surface area contributed by atoms with Crippen LogP contribution in [0.1, 0.15) is 0 Å². The second-order valence-corrected chi connectivity index (χ2v) is 5.84.